The summed E-state index contributed by atoms with van der Waals surface area (Å²) in [6.07, 6.45) is 0. The van der Waals surface area contributed by atoms with E-state index in [-0.39, 0.29) is 40.3 Å². The summed E-state index contributed by atoms with van der Waals surface area (Å²) in [6, 6.07) is 158. The molecule has 10 aliphatic rings. The fourth-order valence-corrected chi connectivity index (χ4v) is 23.7. The normalized spacial score (nSPS) is 13.1. The zero-order valence-corrected chi connectivity index (χ0v) is 80.2. The van der Waals surface area contributed by atoms with E-state index in [0.29, 0.717) is 0 Å². The van der Waals surface area contributed by atoms with Gasteiger partial charge in [-0.3, -0.25) is 0 Å². The van der Waals surface area contributed by atoms with E-state index in [1.807, 2.05) is 103 Å². The van der Waals surface area contributed by atoms with Crippen molar-refractivity contribution in [2.75, 3.05) is 9.80 Å². The van der Waals surface area contributed by atoms with E-state index in [4.69, 9.17) is 33.2 Å². The molecule has 0 saturated carbocycles. The fraction of sp³-hybridized carbons (Fsp3) is 0.0476. The highest BCUT2D eigenvalue weighted by molar-refractivity contribution is 8.00. The van der Waals surface area contributed by atoms with Gasteiger partial charge in [0.1, 0.15) is 80.5 Å². The molecule has 10 heterocycles. The van der Waals surface area contributed by atoms with Crippen LogP contribution < -0.4 is 141 Å². The fourth-order valence-electron chi connectivity index (χ4n) is 22.4. The van der Waals surface area contributed by atoms with Crippen molar-refractivity contribution in [3.8, 4) is 80.5 Å². The number of hydrogen-bond donors (Lipinski definition) is 0. The molecule has 9 nitrogen and oxygen atoms in total. The van der Waals surface area contributed by atoms with Crippen LogP contribution in [0.5, 0.6) is 80.5 Å². The summed E-state index contributed by atoms with van der Waals surface area (Å²) in [5.74, 6) is 12.9. The van der Waals surface area contributed by atoms with Crippen LogP contribution in [0, 0.1) is 41.5 Å². The third-order valence-corrected chi connectivity index (χ3v) is 29.7. The zero-order valence-electron chi connectivity index (χ0n) is 79.3. The molecule has 0 aromatic heterocycles. The molecule has 142 heavy (non-hydrogen) atoms. The first-order valence-electron chi connectivity index (χ1n) is 48.8. The van der Waals surface area contributed by atoms with E-state index in [9.17, 15) is 0 Å². The molecule has 16 heteroatoms. The summed E-state index contributed by atoms with van der Waals surface area (Å²) in [4.78, 5) is 7.47. The van der Waals surface area contributed by atoms with Gasteiger partial charge in [-0.15, -0.1) is 0 Å². The van der Waals surface area contributed by atoms with Gasteiger partial charge in [0.25, 0.3) is 26.9 Å². The molecule has 0 atom stereocenters. The predicted molar refractivity (Wildman–Crippen MR) is 593 cm³/mol. The van der Waals surface area contributed by atoms with Crippen molar-refractivity contribution in [2.24, 2.45) is 0 Å². The van der Waals surface area contributed by atoms with Gasteiger partial charge in [0, 0.05) is 65.8 Å². The van der Waals surface area contributed by atoms with E-state index in [1.54, 1.807) is 0 Å². The lowest BCUT2D eigenvalue weighted by Crippen LogP contribution is -2.59. The largest absolute Gasteiger partial charge is 0.458 e. The van der Waals surface area contributed by atoms with Crippen molar-refractivity contribution in [3.63, 3.8) is 0 Å². The number of hydrogen-bond acceptors (Lipinski definition) is 10. The Kier molecular flexibility index (Phi) is 22.4. The summed E-state index contributed by atoms with van der Waals surface area (Å²) < 4.78 is 43.0. The van der Waals surface area contributed by atoms with Crippen LogP contribution in [0.25, 0.3) is 0 Å². The molecule has 0 radical (unpaired) electrons. The Morgan fingerprint density at radius 3 is 0.923 bits per heavy atom. The van der Waals surface area contributed by atoms with Crippen molar-refractivity contribution in [1.29, 1.82) is 0 Å². The van der Waals surface area contributed by atoms with Gasteiger partial charge in [0.15, 0.2) is 0 Å². The SMILES string of the molecule is Cc1cc2c3c(c1)Oc1cccc4c1B3c1c(cccc1O2)O4.Cc1cc2c3c(c1)Oc1ccccc1B3c1ccccc1O2.Cc1cc2c3c(c1)Sc1ccccc1B3c1ccccc1O2.Cc1ccc(B2c3ccccc3Oc3ccccc32)cc1.Cc1ccc2c(c1)B(c1ccccc1)c1ccccc1N2c1ccccc1.Cc1ccc2c(c1)N(c1ccccc1)c1ccccc1B2c1ccccc1. The van der Waals surface area contributed by atoms with E-state index in [2.05, 4.69) is 409 Å². The number of para-hydroxylation sites is 9. The van der Waals surface area contributed by atoms with E-state index < -0.39 is 0 Å². The van der Waals surface area contributed by atoms with Gasteiger partial charge in [-0.1, -0.05) is 348 Å². The lowest BCUT2D eigenvalue weighted by molar-refractivity contribution is 0.442. The number of ether oxygens (including phenoxy) is 7. The van der Waals surface area contributed by atoms with E-state index in [0.717, 1.165) is 113 Å². The average molecular weight is 1840 g/mol. The topological polar surface area (TPSA) is 71.1 Å². The minimum atomic E-state index is 0.120. The Bertz CT molecular complexity index is 7750. The van der Waals surface area contributed by atoms with Crippen LogP contribution in [0.2, 0.25) is 0 Å². The molecule has 0 aliphatic carbocycles. The number of fused-ring (bicyclic) bond motifs is 14. The second-order valence-electron chi connectivity index (χ2n) is 37.8. The minimum Gasteiger partial charge on any atom is -0.458 e. The smallest absolute Gasteiger partial charge is 0.270 e. The van der Waals surface area contributed by atoms with Crippen molar-refractivity contribution < 1.29 is 33.2 Å². The number of nitrogens with zero attached hydrogens (tertiary/aromatic N) is 2. The highest BCUT2D eigenvalue weighted by Crippen LogP contribution is 2.45. The molecule has 0 unspecified atom stereocenters. The monoisotopic (exact) mass is 1840 g/mol. The highest BCUT2D eigenvalue weighted by atomic mass is 32.2. The van der Waals surface area contributed by atoms with Crippen molar-refractivity contribution in [3.05, 3.63) is 482 Å². The summed E-state index contributed by atoms with van der Waals surface area (Å²) in [7, 11) is 0. The molecule has 672 valence electrons. The van der Waals surface area contributed by atoms with Crippen LogP contribution in [-0.4, -0.2) is 40.3 Å². The van der Waals surface area contributed by atoms with Gasteiger partial charge in [-0.05, 0) is 264 Å². The summed E-state index contributed by atoms with van der Waals surface area (Å²) in [5, 5.41) is 0. The standard InChI is InChI=1S/2C25H20BN.C19H11BO3.C19H13BO2.C19H13BOS.C19H15BO/c1-19-16-17-25-23(18-19)26(20-10-4-2-5-11-20)22-14-8-9-15-24(22)27(25)21-12-6-3-7-13-21;1-19-16-17-23-25(18-19)27(21-12-6-3-7-13-21)24-15-9-8-14-22(24)26(23)20-10-4-2-5-11-20;1-10-8-15-19-16(9-10)23-14-7-3-5-12-18(14)20(19)17-11(21-12)4-2-6-13(17)22-15;1-12-10-17-19-18(11-12)22-16-9-5-3-7-14(16)20(19)13-6-2-4-8-15(13)21-17;1-12-10-16-19-18(11-12)22-17-9-5-3-7-14(17)20(19)13-6-2-4-8-15(13)21-16;1-14-10-12-15(13-11-14)20-16-6-2-4-8-18(16)21-19-9-5-3-7-17(19)20/h2*2-18H,1H3;2-9H,1H3;2*2-11H,1H3;2-13H,1H3. The van der Waals surface area contributed by atoms with Gasteiger partial charge in [0.2, 0.25) is 13.4 Å². The second kappa shape index (κ2) is 36.6. The molecule has 0 fully saturated rings. The molecular formula is C126H92B6N2O7S. The van der Waals surface area contributed by atoms with E-state index in [1.165, 1.54) is 143 Å². The molecule has 0 saturated heterocycles. The second-order valence-corrected chi connectivity index (χ2v) is 38.9. The minimum absolute atomic E-state index is 0.120. The summed E-state index contributed by atoms with van der Waals surface area (Å²) in [6.45, 7) is 14.1. The van der Waals surface area contributed by atoms with Gasteiger partial charge < -0.3 is 43.0 Å². The van der Waals surface area contributed by atoms with Crippen LogP contribution in [0.3, 0.4) is 0 Å². The Morgan fingerprint density at radius 2 is 0.451 bits per heavy atom. The van der Waals surface area contributed by atoms with Gasteiger partial charge in [-0.2, -0.15) is 0 Å². The molecular weight excluding hydrogens is 1750 g/mol. The highest BCUT2D eigenvalue weighted by Gasteiger charge is 2.48. The third kappa shape index (κ3) is 15.7. The Balaban J connectivity index is 0.0000000898. The van der Waals surface area contributed by atoms with Gasteiger partial charge >= 0.3 is 0 Å². The number of anilines is 6. The maximum absolute atomic E-state index is 6.21. The molecule has 30 rings (SSSR count). The molecule has 0 spiro atoms. The Morgan fingerprint density at radius 1 is 0.162 bits per heavy atom. The Labute approximate surface area is 835 Å². The average Bonchev–Trinajstić information content (AvgIpc) is 0.698. The lowest BCUT2D eigenvalue weighted by atomic mass is 9.34. The molecule has 0 N–H and O–H groups in total. The molecule has 0 bridgehead atoms. The first kappa shape index (κ1) is 86.9. The number of benzene rings is 20. The van der Waals surface area contributed by atoms with Gasteiger partial charge in [0.05, 0.1) is 0 Å². The van der Waals surface area contributed by atoms with Crippen molar-refractivity contribution in [1.82, 2.24) is 0 Å². The first-order valence-corrected chi connectivity index (χ1v) is 49.6. The quantitative estimate of drug-likeness (QED) is 0.156. The first-order chi connectivity index (χ1) is 69.9. The van der Waals surface area contributed by atoms with Crippen LogP contribution in [0.1, 0.15) is 33.4 Å². The van der Waals surface area contributed by atoms with Gasteiger partial charge in [-0.25, -0.2) is 0 Å². The maximum atomic E-state index is 6.21. The summed E-state index contributed by atoms with van der Waals surface area (Å²) in [5.41, 5.74) is 37.6. The van der Waals surface area contributed by atoms with Crippen molar-refractivity contribution in [2.45, 2.75) is 51.3 Å². The molecule has 20 aromatic rings. The van der Waals surface area contributed by atoms with E-state index >= 15 is 0 Å². The molecule has 0 amide bonds. The predicted octanol–water partition coefficient (Wildman–Crippen LogP) is 19.8. The summed E-state index contributed by atoms with van der Waals surface area (Å²) >= 11 is 1.86. The zero-order chi connectivity index (χ0) is 95.2. The molecule has 10 aliphatic heterocycles. The Hall–Kier alpha value is -16.7. The van der Waals surface area contributed by atoms with Crippen LogP contribution >= 0.6 is 11.8 Å². The lowest BCUT2D eigenvalue weighted by Gasteiger charge is -2.37. The van der Waals surface area contributed by atoms with Crippen LogP contribution in [-0.2, 0) is 0 Å². The van der Waals surface area contributed by atoms with Crippen LogP contribution in [0.4, 0.5) is 34.1 Å². The van der Waals surface area contributed by atoms with Crippen LogP contribution in [0.15, 0.2) is 459 Å². The van der Waals surface area contributed by atoms with Crippen molar-refractivity contribution >= 4 is 184 Å². The maximum Gasteiger partial charge on any atom is 0.270 e. The number of rotatable bonds is 5. The third-order valence-electron chi connectivity index (χ3n) is 28.5. The molecule has 20 aromatic carbocycles. The number of aryl methyl sites for hydroxylation is 6.